The quantitative estimate of drug-likeness (QED) is 0.0352. The number of esters is 3. The Labute approximate surface area is 329 Å². The third-order valence-electron chi connectivity index (χ3n) is 10.5. The fraction of sp³-hybridized carbons (Fsp3) is 0.936. The minimum absolute atomic E-state index is 0.0662. The molecule has 0 bridgehead atoms. The number of carbonyl (C=O) groups excluding carboxylic acids is 3. The van der Waals surface area contributed by atoms with Crippen LogP contribution in [0.5, 0.6) is 0 Å². The Morgan fingerprint density at radius 1 is 0.358 bits per heavy atom. The molecule has 0 rings (SSSR count). The van der Waals surface area contributed by atoms with Crippen LogP contribution in [0.2, 0.25) is 0 Å². The van der Waals surface area contributed by atoms with Gasteiger partial charge in [-0.2, -0.15) is 0 Å². The molecular weight excluding hydrogens is 661 g/mol. The predicted molar refractivity (Wildman–Crippen MR) is 224 cm³/mol. The number of ether oxygens (including phenoxy) is 3. The Kier molecular flexibility index (Phi) is 38.9. The lowest BCUT2D eigenvalue weighted by molar-refractivity contribution is -0.167. The van der Waals surface area contributed by atoms with E-state index in [4.69, 9.17) is 14.2 Å². The van der Waals surface area contributed by atoms with Crippen LogP contribution in [0.3, 0.4) is 0 Å². The topological polar surface area (TPSA) is 78.9 Å². The zero-order valence-corrected chi connectivity index (χ0v) is 36.1. The summed E-state index contributed by atoms with van der Waals surface area (Å²) in [5.74, 6) is 0.748. The highest BCUT2D eigenvalue weighted by atomic mass is 16.6. The van der Waals surface area contributed by atoms with Gasteiger partial charge < -0.3 is 14.2 Å². The van der Waals surface area contributed by atoms with Crippen LogP contribution in [0.15, 0.2) is 0 Å². The van der Waals surface area contributed by atoms with Crippen molar-refractivity contribution in [3.8, 4) is 0 Å². The average molecular weight is 751 g/mol. The van der Waals surface area contributed by atoms with Crippen molar-refractivity contribution in [1.82, 2.24) is 0 Å². The van der Waals surface area contributed by atoms with E-state index in [0.717, 1.165) is 69.6 Å². The summed E-state index contributed by atoms with van der Waals surface area (Å²) in [7, 11) is 0. The third kappa shape index (κ3) is 41.4. The van der Waals surface area contributed by atoms with Gasteiger partial charge >= 0.3 is 17.9 Å². The molecule has 0 unspecified atom stereocenters. The summed E-state index contributed by atoms with van der Waals surface area (Å²) in [5, 5.41) is 0. The van der Waals surface area contributed by atoms with Crippen LogP contribution < -0.4 is 0 Å². The molecule has 0 amide bonds. The van der Waals surface area contributed by atoms with Gasteiger partial charge in [-0.25, -0.2) is 0 Å². The Hall–Kier alpha value is -1.59. The number of hydrogen-bond donors (Lipinski definition) is 0. The van der Waals surface area contributed by atoms with Gasteiger partial charge in [0, 0.05) is 19.3 Å². The number of carbonyl (C=O) groups is 3. The molecule has 0 aromatic rings. The third-order valence-corrected chi connectivity index (χ3v) is 10.5. The van der Waals surface area contributed by atoms with Gasteiger partial charge in [-0.1, -0.05) is 214 Å². The summed E-state index contributed by atoms with van der Waals surface area (Å²) in [4.78, 5) is 37.5. The van der Waals surface area contributed by atoms with E-state index in [0.29, 0.717) is 19.3 Å². The lowest BCUT2D eigenvalue weighted by Crippen LogP contribution is -2.30. The Bertz CT molecular complexity index is 809. The first-order valence-electron chi connectivity index (χ1n) is 23.2. The second-order valence-electron chi connectivity index (χ2n) is 17.0. The van der Waals surface area contributed by atoms with Crippen molar-refractivity contribution in [2.75, 3.05) is 13.2 Å². The van der Waals surface area contributed by atoms with Crippen molar-refractivity contribution < 1.29 is 28.6 Å². The SMILES string of the molecule is CCCCCCCCCC(=O)OC[C@@H](COC(=O)CCCCCCCCC(C)C)OC(=O)CCCCCCCCCCCCCCCCCCC(C)C. The summed E-state index contributed by atoms with van der Waals surface area (Å²) < 4.78 is 16.6. The van der Waals surface area contributed by atoms with Gasteiger partial charge in [0.25, 0.3) is 0 Å². The van der Waals surface area contributed by atoms with Gasteiger partial charge in [-0.3, -0.25) is 14.4 Å². The molecule has 0 heterocycles. The van der Waals surface area contributed by atoms with Crippen LogP contribution in [0.1, 0.15) is 253 Å². The van der Waals surface area contributed by atoms with E-state index in [1.54, 1.807) is 0 Å². The Morgan fingerprint density at radius 3 is 0.925 bits per heavy atom. The van der Waals surface area contributed by atoms with Crippen LogP contribution in [0.25, 0.3) is 0 Å². The molecule has 0 aliphatic carbocycles. The van der Waals surface area contributed by atoms with E-state index in [9.17, 15) is 14.4 Å². The zero-order valence-electron chi connectivity index (χ0n) is 36.1. The monoisotopic (exact) mass is 751 g/mol. The van der Waals surface area contributed by atoms with Crippen LogP contribution in [0, 0.1) is 11.8 Å². The Balaban J connectivity index is 4.17. The molecule has 0 saturated heterocycles. The van der Waals surface area contributed by atoms with Crippen LogP contribution in [0.4, 0.5) is 0 Å². The second kappa shape index (κ2) is 40.1. The van der Waals surface area contributed by atoms with Gasteiger partial charge in [-0.05, 0) is 31.1 Å². The van der Waals surface area contributed by atoms with Crippen molar-refractivity contribution in [2.24, 2.45) is 11.8 Å². The fourth-order valence-electron chi connectivity index (χ4n) is 6.93. The standard InChI is InChI=1S/C47H90O6/c1-6-7-8-9-20-27-32-37-45(48)51-40-44(41-52-46(49)38-33-28-24-23-26-31-36-43(4)5)53-47(50)39-34-29-22-19-17-15-13-11-10-12-14-16-18-21-25-30-35-42(2)3/h42-44H,6-41H2,1-5H3/t44-/m0/s1. The van der Waals surface area contributed by atoms with Crippen molar-refractivity contribution in [1.29, 1.82) is 0 Å². The molecular formula is C47H90O6. The molecule has 0 aromatic heterocycles. The molecule has 0 radical (unpaired) electrons. The minimum atomic E-state index is -0.759. The number of rotatable bonds is 41. The molecule has 0 fully saturated rings. The van der Waals surface area contributed by atoms with Gasteiger partial charge in [0.05, 0.1) is 0 Å². The maximum Gasteiger partial charge on any atom is 0.306 e. The number of unbranched alkanes of at least 4 members (excludes halogenated alkanes) is 26. The summed E-state index contributed by atoms with van der Waals surface area (Å²) in [6.07, 6.45) is 38.3. The zero-order chi connectivity index (χ0) is 39.0. The minimum Gasteiger partial charge on any atom is -0.462 e. The summed E-state index contributed by atoms with van der Waals surface area (Å²) in [6, 6.07) is 0. The number of hydrogen-bond acceptors (Lipinski definition) is 6. The van der Waals surface area contributed by atoms with Crippen molar-refractivity contribution in [2.45, 2.75) is 259 Å². The summed E-state index contributed by atoms with van der Waals surface area (Å²) >= 11 is 0. The molecule has 6 nitrogen and oxygen atoms in total. The van der Waals surface area contributed by atoms with Gasteiger partial charge in [0.15, 0.2) is 6.10 Å². The van der Waals surface area contributed by atoms with Gasteiger partial charge in [0.1, 0.15) is 13.2 Å². The molecule has 0 N–H and O–H groups in total. The smallest absolute Gasteiger partial charge is 0.306 e. The molecule has 0 aliphatic rings. The van der Waals surface area contributed by atoms with E-state index in [1.807, 2.05) is 0 Å². The largest absolute Gasteiger partial charge is 0.462 e. The van der Waals surface area contributed by atoms with E-state index in [2.05, 4.69) is 34.6 Å². The molecule has 53 heavy (non-hydrogen) atoms. The highest BCUT2D eigenvalue weighted by Gasteiger charge is 2.19. The first kappa shape index (κ1) is 51.4. The van der Waals surface area contributed by atoms with E-state index >= 15 is 0 Å². The fourth-order valence-corrected chi connectivity index (χ4v) is 6.93. The molecule has 0 aliphatic heterocycles. The van der Waals surface area contributed by atoms with E-state index in [1.165, 1.54) is 141 Å². The van der Waals surface area contributed by atoms with E-state index in [-0.39, 0.29) is 31.1 Å². The van der Waals surface area contributed by atoms with Gasteiger partial charge in [0.2, 0.25) is 0 Å². The highest BCUT2D eigenvalue weighted by Crippen LogP contribution is 2.17. The molecule has 314 valence electrons. The molecule has 0 aromatic carbocycles. The van der Waals surface area contributed by atoms with Crippen LogP contribution in [-0.4, -0.2) is 37.2 Å². The van der Waals surface area contributed by atoms with Crippen LogP contribution in [-0.2, 0) is 28.6 Å². The lowest BCUT2D eigenvalue weighted by atomic mass is 10.0. The maximum absolute atomic E-state index is 12.7. The van der Waals surface area contributed by atoms with Crippen molar-refractivity contribution in [3.63, 3.8) is 0 Å². The van der Waals surface area contributed by atoms with E-state index < -0.39 is 6.10 Å². The molecule has 6 heteroatoms. The molecule has 0 spiro atoms. The molecule has 1 atom stereocenters. The second-order valence-corrected chi connectivity index (χ2v) is 17.0. The Morgan fingerprint density at radius 2 is 0.623 bits per heavy atom. The predicted octanol–water partition coefficient (Wildman–Crippen LogP) is 14.6. The van der Waals surface area contributed by atoms with Crippen LogP contribution >= 0.6 is 0 Å². The average Bonchev–Trinajstić information content (AvgIpc) is 3.12. The van der Waals surface area contributed by atoms with Crippen molar-refractivity contribution in [3.05, 3.63) is 0 Å². The normalized spacial score (nSPS) is 12.1. The summed E-state index contributed by atoms with van der Waals surface area (Å²) in [6.45, 7) is 11.3. The maximum atomic E-state index is 12.7. The lowest BCUT2D eigenvalue weighted by Gasteiger charge is -2.18. The first-order chi connectivity index (χ1) is 25.7. The van der Waals surface area contributed by atoms with Gasteiger partial charge in [-0.15, -0.1) is 0 Å². The molecule has 0 saturated carbocycles. The highest BCUT2D eigenvalue weighted by molar-refractivity contribution is 5.71. The summed E-state index contributed by atoms with van der Waals surface area (Å²) in [5.41, 5.74) is 0. The van der Waals surface area contributed by atoms with Crippen molar-refractivity contribution >= 4 is 17.9 Å². The first-order valence-corrected chi connectivity index (χ1v) is 23.2.